The SMILES string of the molecule is CCn1ccnc1CN(C(=O)Cc1ccccc1F)C1CC12CCNCC2.Cl. The number of aromatic nitrogens is 2. The number of benzene rings is 1. The quantitative estimate of drug-likeness (QED) is 0.801. The van der Waals surface area contributed by atoms with Gasteiger partial charge in [0.05, 0.1) is 13.0 Å². The average molecular weight is 407 g/mol. The lowest BCUT2D eigenvalue weighted by Gasteiger charge is -2.30. The summed E-state index contributed by atoms with van der Waals surface area (Å²) in [6.07, 6.45) is 7.08. The van der Waals surface area contributed by atoms with Crippen LogP contribution in [0.2, 0.25) is 0 Å². The zero-order valence-electron chi connectivity index (χ0n) is 16.2. The maximum Gasteiger partial charge on any atom is 0.227 e. The number of amides is 1. The summed E-state index contributed by atoms with van der Waals surface area (Å²) in [5.41, 5.74) is 0.700. The molecule has 1 aromatic carbocycles. The molecule has 1 spiro atoms. The molecule has 2 heterocycles. The van der Waals surface area contributed by atoms with E-state index in [1.54, 1.807) is 24.4 Å². The number of nitrogens with one attached hydrogen (secondary N) is 1. The molecule has 28 heavy (non-hydrogen) atoms. The van der Waals surface area contributed by atoms with Gasteiger partial charge in [-0.1, -0.05) is 18.2 Å². The summed E-state index contributed by atoms with van der Waals surface area (Å²) < 4.78 is 16.1. The fraction of sp³-hybridized carbons (Fsp3) is 0.524. The minimum Gasteiger partial charge on any atom is -0.334 e. The van der Waals surface area contributed by atoms with E-state index >= 15 is 0 Å². The Morgan fingerprint density at radius 1 is 1.36 bits per heavy atom. The Bertz CT molecular complexity index is 818. The van der Waals surface area contributed by atoms with Crippen molar-refractivity contribution < 1.29 is 9.18 Å². The van der Waals surface area contributed by atoms with Gasteiger partial charge in [-0.25, -0.2) is 9.37 Å². The summed E-state index contributed by atoms with van der Waals surface area (Å²) in [6.45, 7) is 5.41. The molecule has 1 atom stereocenters. The molecule has 1 aliphatic heterocycles. The Kier molecular flexibility index (Phi) is 6.40. The van der Waals surface area contributed by atoms with Crippen molar-refractivity contribution in [2.45, 2.75) is 51.7 Å². The van der Waals surface area contributed by atoms with E-state index < -0.39 is 0 Å². The highest BCUT2D eigenvalue weighted by Gasteiger charge is 2.57. The van der Waals surface area contributed by atoms with Crippen LogP contribution in [-0.4, -0.2) is 39.5 Å². The van der Waals surface area contributed by atoms with Gasteiger partial charge in [0.2, 0.25) is 5.91 Å². The maximum atomic E-state index is 14.1. The second-order valence-corrected chi connectivity index (χ2v) is 7.75. The molecule has 0 bridgehead atoms. The van der Waals surface area contributed by atoms with Gasteiger partial charge in [-0.05, 0) is 56.3 Å². The van der Waals surface area contributed by atoms with E-state index in [0.717, 1.165) is 44.7 Å². The number of hydrogen-bond donors (Lipinski definition) is 1. The van der Waals surface area contributed by atoms with Crippen LogP contribution < -0.4 is 5.32 Å². The second-order valence-electron chi connectivity index (χ2n) is 7.75. The number of rotatable bonds is 6. The van der Waals surface area contributed by atoms with Crippen molar-refractivity contribution in [3.63, 3.8) is 0 Å². The third-order valence-electron chi connectivity index (χ3n) is 6.20. The van der Waals surface area contributed by atoms with Gasteiger partial charge in [-0.3, -0.25) is 4.79 Å². The fourth-order valence-electron chi connectivity index (χ4n) is 4.44. The Morgan fingerprint density at radius 3 is 2.82 bits per heavy atom. The van der Waals surface area contributed by atoms with Gasteiger partial charge < -0.3 is 14.8 Å². The Balaban J connectivity index is 0.00000225. The van der Waals surface area contributed by atoms with Crippen LogP contribution >= 0.6 is 12.4 Å². The third kappa shape index (κ3) is 4.08. The number of imidazole rings is 1. The molecule has 2 aromatic rings. The molecular formula is C21H28ClFN4O. The number of carbonyl (C=O) groups excluding carboxylic acids is 1. The predicted octanol–water partition coefficient (Wildman–Crippen LogP) is 3.18. The van der Waals surface area contributed by atoms with Crippen LogP contribution in [0.1, 0.15) is 37.6 Å². The van der Waals surface area contributed by atoms with E-state index in [9.17, 15) is 9.18 Å². The Hall–Kier alpha value is -1.92. The molecule has 0 radical (unpaired) electrons. The van der Waals surface area contributed by atoms with E-state index in [0.29, 0.717) is 12.1 Å². The van der Waals surface area contributed by atoms with Crippen molar-refractivity contribution in [1.29, 1.82) is 0 Å². The van der Waals surface area contributed by atoms with Crippen LogP contribution in [0.4, 0.5) is 4.39 Å². The molecule has 1 aromatic heterocycles. The van der Waals surface area contributed by atoms with Crippen molar-refractivity contribution in [3.8, 4) is 0 Å². The number of carbonyl (C=O) groups is 1. The van der Waals surface area contributed by atoms with Gasteiger partial charge >= 0.3 is 0 Å². The Morgan fingerprint density at radius 2 is 2.11 bits per heavy atom. The number of piperidine rings is 1. The van der Waals surface area contributed by atoms with Crippen molar-refractivity contribution in [3.05, 3.63) is 53.9 Å². The van der Waals surface area contributed by atoms with Gasteiger partial charge in [0.25, 0.3) is 0 Å². The molecule has 1 saturated heterocycles. The van der Waals surface area contributed by atoms with E-state index in [2.05, 4.69) is 21.8 Å². The van der Waals surface area contributed by atoms with Crippen LogP contribution in [0.3, 0.4) is 0 Å². The molecule has 152 valence electrons. The Labute approximate surface area is 171 Å². The minimum absolute atomic E-state index is 0. The van der Waals surface area contributed by atoms with Gasteiger partial charge in [0.1, 0.15) is 11.6 Å². The first-order valence-corrected chi connectivity index (χ1v) is 9.86. The van der Waals surface area contributed by atoms with Gasteiger partial charge in [0, 0.05) is 25.0 Å². The summed E-state index contributed by atoms with van der Waals surface area (Å²) in [4.78, 5) is 19.6. The molecule has 1 unspecified atom stereocenters. The summed E-state index contributed by atoms with van der Waals surface area (Å²) >= 11 is 0. The first-order valence-electron chi connectivity index (χ1n) is 9.86. The number of halogens is 2. The molecule has 2 fully saturated rings. The van der Waals surface area contributed by atoms with Crippen LogP contribution in [-0.2, 0) is 24.3 Å². The summed E-state index contributed by atoms with van der Waals surface area (Å²) in [6, 6.07) is 6.80. The first-order chi connectivity index (χ1) is 13.1. The minimum atomic E-state index is -0.312. The van der Waals surface area contributed by atoms with Gasteiger partial charge in [-0.2, -0.15) is 0 Å². The van der Waals surface area contributed by atoms with Crippen molar-refractivity contribution in [1.82, 2.24) is 19.8 Å². The zero-order chi connectivity index (χ0) is 18.9. The first kappa shape index (κ1) is 20.8. The standard InChI is InChI=1S/C21H27FN4O.ClH/c1-2-25-12-11-24-19(25)15-26(18-14-21(18)7-9-23-10-8-21)20(27)13-16-5-3-4-6-17(16)22;/h3-6,11-12,18,23H,2,7-10,13-15H2,1H3;1H. The normalized spacial score (nSPS) is 19.9. The molecule has 1 saturated carbocycles. The zero-order valence-corrected chi connectivity index (χ0v) is 17.1. The van der Waals surface area contributed by atoms with Gasteiger partial charge in [-0.15, -0.1) is 12.4 Å². The average Bonchev–Trinajstić information content (AvgIpc) is 3.15. The van der Waals surface area contributed by atoms with Crippen molar-refractivity contribution in [2.75, 3.05) is 13.1 Å². The van der Waals surface area contributed by atoms with Crippen molar-refractivity contribution in [2.24, 2.45) is 5.41 Å². The topological polar surface area (TPSA) is 50.2 Å². The highest BCUT2D eigenvalue weighted by atomic mass is 35.5. The van der Waals surface area contributed by atoms with E-state index in [1.807, 2.05) is 11.1 Å². The number of hydrogen-bond acceptors (Lipinski definition) is 3. The van der Waals surface area contributed by atoms with E-state index in [4.69, 9.17) is 0 Å². The van der Waals surface area contributed by atoms with Crippen LogP contribution in [0, 0.1) is 11.2 Å². The lowest BCUT2D eigenvalue weighted by Crippen LogP contribution is -2.40. The molecule has 1 amide bonds. The molecule has 2 aliphatic rings. The van der Waals surface area contributed by atoms with E-state index in [1.165, 1.54) is 6.07 Å². The molecule has 1 aliphatic carbocycles. The molecule has 5 nitrogen and oxygen atoms in total. The molecule has 7 heteroatoms. The molecule has 4 rings (SSSR count). The predicted molar refractivity (Wildman–Crippen MR) is 109 cm³/mol. The highest BCUT2D eigenvalue weighted by Crippen LogP contribution is 2.56. The van der Waals surface area contributed by atoms with Crippen LogP contribution in [0.5, 0.6) is 0 Å². The largest absolute Gasteiger partial charge is 0.334 e. The smallest absolute Gasteiger partial charge is 0.227 e. The summed E-state index contributed by atoms with van der Waals surface area (Å²) in [5, 5.41) is 3.41. The molecular weight excluding hydrogens is 379 g/mol. The summed E-state index contributed by atoms with van der Waals surface area (Å²) in [5.74, 6) is 0.578. The maximum absolute atomic E-state index is 14.1. The lowest BCUT2D eigenvalue weighted by atomic mass is 9.93. The van der Waals surface area contributed by atoms with Crippen molar-refractivity contribution >= 4 is 18.3 Å². The lowest BCUT2D eigenvalue weighted by molar-refractivity contribution is -0.132. The summed E-state index contributed by atoms with van der Waals surface area (Å²) in [7, 11) is 0. The van der Waals surface area contributed by atoms with Crippen LogP contribution in [0.15, 0.2) is 36.7 Å². The second kappa shape index (κ2) is 8.62. The van der Waals surface area contributed by atoms with Crippen LogP contribution in [0.25, 0.3) is 0 Å². The fourth-order valence-corrected chi connectivity index (χ4v) is 4.44. The number of aryl methyl sites for hydroxylation is 1. The monoisotopic (exact) mass is 406 g/mol. The third-order valence-corrected chi connectivity index (χ3v) is 6.20. The molecule has 1 N–H and O–H groups in total. The van der Waals surface area contributed by atoms with E-state index in [-0.39, 0.29) is 42.0 Å². The van der Waals surface area contributed by atoms with Gasteiger partial charge in [0.15, 0.2) is 0 Å². The number of nitrogens with zero attached hydrogens (tertiary/aromatic N) is 3. The highest BCUT2D eigenvalue weighted by molar-refractivity contribution is 5.85.